The van der Waals surface area contributed by atoms with Crippen LogP contribution in [-0.4, -0.2) is 41.1 Å². The van der Waals surface area contributed by atoms with Gasteiger partial charge in [0, 0.05) is 36.8 Å². The van der Waals surface area contributed by atoms with Gasteiger partial charge in [-0.3, -0.25) is 9.78 Å². The Balaban J connectivity index is 1.44. The van der Waals surface area contributed by atoms with Gasteiger partial charge in [-0.15, -0.1) is 0 Å². The zero-order chi connectivity index (χ0) is 21.3. The fourth-order valence-electron chi connectivity index (χ4n) is 3.78. The number of nitrogens with one attached hydrogen (secondary N) is 1. The number of amides is 1. The van der Waals surface area contributed by atoms with Crippen LogP contribution in [0.25, 0.3) is 10.9 Å². The molecule has 1 amide bonds. The molecule has 0 aliphatic carbocycles. The van der Waals surface area contributed by atoms with Crippen molar-refractivity contribution >= 4 is 34.1 Å². The minimum absolute atomic E-state index is 0.0000332. The first-order valence-corrected chi connectivity index (χ1v) is 10.3. The SMILES string of the molecule is CC1CN(C(=O)c2ccc(CNc3ccc4c(Cl)ccnc4c3F)cc2)CC(C)O1. The minimum atomic E-state index is -0.433. The molecule has 1 fully saturated rings. The van der Waals surface area contributed by atoms with Crippen LogP contribution < -0.4 is 5.32 Å². The minimum Gasteiger partial charge on any atom is -0.379 e. The molecule has 2 unspecified atom stereocenters. The maximum Gasteiger partial charge on any atom is 0.254 e. The van der Waals surface area contributed by atoms with Crippen molar-refractivity contribution in [3.05, 3.63) is 70.6 Å². The van der Waals surface area contributed by atoms with Gasteiger partial charge in [0.2, 0.25) is 0 Å². The monoisotopic (exact) mass is 427 g/mol. The van der Waals surface area contributed by atoms with Gasteiger partial charge in [0.05, 0.1) is 22.9 Å². The molecular formula is C23H23ClFN3O2. The molecule has 3 aromatic rings. The van der Waals surface area contributed by atoms with Crippen LogP contribution in [-0.2, 0) is 11.3 Å². The molecule has 0 spiro atoms. The lowest BCUT2D eigenvalue weighted by molar-refractivity contribution is -0.0586. The van der Waals surface area contributed by atoms with E-state index in [-0.39, 0.29) is 23.6 Å². The highest BCUT2D eigenvalue weighted by Gasteiger charge is 2.26. The lowest BCUT2D eigenvalue weighted by Gasteiger charge is -2.35. The third-order valence-electron chi connectivity index (χ3n) is 5.19. The fourth-order valence-corrected chi connectivity index (χ4v) is 3.98. The van der Waals surface area contributed by atoms with Crippen molar-refractivity contribution < 1.29 is 13.9 Å². The first-order valence-electron chi connectivity index (χ1n) is 9.92. The van der Waals surface area contributed by atoms with Crippen LogP contribution in [0, 0.1) is 5.82 Å². The number of hydrogen-bond acceptors (Lipinski definition) is 4. The second-order valence-corrected chi connectivity index (χ2v) is 8.04. The van der Waals surface area contributed by atoms with Crippen LogP contribution in [0.4, 0.5) is 10.1 Å². The average Bonchev–Trinajstić information content (AvgIpc) is 2.73. The van der Waals surface area contributed by atoms with Gasteiger partial charge in [0.25, 0.3) is 5.91 Å². The number of morpholine rings is 1. The van der Waals surface area contributed by atoms with E-state index in [2.05, 4.69) is 10.3 Å². The van der Waals surface area contributed by atoms with E-state index in [1.54, 1.807) is 18.2 Å². The molecule has 2 aromatic carbocycles. The molecule has 4 rings (SSSR count). The van der Waals surface area contributed by atoms with Crippen molar-refractivity contribution in [1.82, 2.24) is 9.88 Å². The van der Waals surface area contributed by atoms with Crippen molar-refractivity contribution in [2.45, 2.75) is 32.6 Å². The van der Waals surface area contributed by atoms with Crippen molar-refractivity contribution in [2.75, 3.05) is 18.4 Å². The summed E-state index contributed by atoms with van der Waals surface area (Å²) in [6, 6.07) is 12.4. The quantitative estimate of drug-likeness (QED) is 0.644. The van der Waals surface area contributed by atoms with E-state index >= 15 is 0 Å². The summed E-state index contributed by atoms with van der Waals surface area (Å²) in [6.45, 7) is 5.54. The summed E-state index contributed by atoms with van der Waals surface area (Å²) in [6.07, 6.45) is 1.55. The summed E-state index contributed by atoms with van der Waals surface area (Å²) in [7, 11) is 0. The Morgan fingerprint density at radius 2 is 1.87 bits per heavy atom. The molecule has 1 saturated heterocycles. The summed E-state index contributed by atoms with van der Waals surface area (Å²) in [5, 5.41) is 4.14. The number of fused-ring (bicyclic) bond motifs is 1. The Hall–Kier alpha value is -2.70. The summed E-state index contributed by atoms with van der Waals surface area (Å²) in [4.78, 5) is 18.7. The second-order valence-electron chi connectivity index (χ2n) is 7.63. The van der Waals surface area contributed by atoms with Gasteiger partial charge in [-0.05, 0) is 49.7 Å². The summed E-state index contributed by atoms with van der Waals surface area (Å²) >= 11 is 6.10. The van der Waals surface area contributed by atoms with E-state index in [1.807, 2.05) is 43.0 Å². The molecule has 0 bridgehead atoms. The van der Waals surface area contributed by atoms with Crippen molar-refractivity contribution in [3.63, 3.8) is 0 Å². The number of ether oxygens (including phenoxy) is 1. The van der Waals surface area contributed by atoms with E-state index < -0.39 is 5.82 Å². The molecule has 2 heterocycles. The van der Waals surface area contributed by atoms with Crippen LogP contribution in [0.3, 0.4) is 0 Å². The summed E-state index contributed by atoms with van der Waals surface area (Å²) in [5.41, 5.74) is 2.17. The van der Waals surface area contributed by atoms with E-state index in [0.29, 0.717) is 41.3 Å². The van der Waals surface area contributed by atoms with Gasteiger partial charge in [-0.25, -0.2) is 4.39 Å². The Morgan fingerprint density at radius 1 is 1.17 bits per heavy atom. The number of carbonyl (C=O) groups excluding carboxylic acids is 1. The van der Waals surface area contributed by atoms with E-state index in [1.165, 1.54) is 6.20 Å². The maximum absolute atomic E-state index is 14.7. The van der Waals surface area contributed by atoms with Crippen LogP contribution >= 0.6 is 11.6 Å². The van der Waals surface area contributed by atoms with E-state index in [4.69, 9.17) is 16.3 Å². The van der Waals surface area contributed by atoms with Crippen molar-refractivity contribution in [1.29, 1.82) is 0 Å². The van der Waals surface area contributed by atoms with Crippen LogP contribution in [0.5, 0.6) is 0 Å². The Kier molecular flexibility index (Phi) is 5.88. The molecule has 2 atom stereocenters. The Bertz CT molecular complexity index is 1060. The summed E-state index contributed by atoms with van der Waals surface area (Å²) < 4.78 is 20.4. The molecule has 1 aliphatic rings. The first-order chi connectivity index (χ1) is 14.4. The molecule has 1 aliphatic heterocycles. The smallest absolute Gasteiger partial charge is 0.254 e. The second kappa shape index (κ2) is 8.58. The van der Waals surface area contributed by atoms with E-state index in [0.717, 1.165) is 5.56 Å². The van der Waals surface area contributed by atoms with Gasteiger partial charge < -0.3 is 15.0 Å². The average molecular weight is 428 g/mol. The molecular weight excluding hydrogens is 405 g/mol. The Morgan fingerprint density at radius 3 is 2.57 bits per heavy atom. The summed E-state index contributed by atoms with van der Waals surface area (Å²) in [5.74, 6) is -0.433. The number of carbonyl (C=O) groups is 1. The zero-order valence-electron chi connectivity index (χ0n) is 16.9. The third-order valence-corrected chi connectivity index (χ3v) is 5.52. The van der Waals surface area contributed by atoms with Gasteiger partial charge in [-0.1, -0.05) is 23.7 Å². The molecule has 1 aromatic heterocycles. The lowest BCUT2D eigenvalue weighted by atomic mass is 10.1. The maximum atomic E-state index is 14.7. The normalized spacial score (nSPS) is 19.1. The highest BCUT2D eigenvalue weighted by atomic mass is 35.5. The number of nitrogens with zero attached hydrogens (tertiary/aromatic N) is 2. The van der Waals surface area contributed by atoms with Crippen molar-refractivity contribution in [3.8, 4) is 0 Å². The van der Waals surface area contributed by atoms with Gasteiger partial charge >= 0.3 is 0 Å². The predicted molar refractivity (Wildman–Crippen MR) is 116 cm³/mol. The van der Waals surface area contributed by atoms with Crippen LogP contribution in [0.15, 0.2) is 48.7 Å². The number of pyridine rings is 1. The number of halogens is 2. The number of aromatic nitrogens is 1. The van der Waals surface area contributed by atoms with E-state index in [9.17, 15) is 9.18 Å². The standard InChI is InChI=1S/C23H23ClFN3O2/c1-14-12-28(13-15(2)30-14)23(29)17-5-3-16(4-6-17)11-27-20-8-7-18-19(24)9-10-26-22(18)21(20)25/h3-10,14-15,27H,11-13H2,1-2H3. The zero-order valence-corrected chi connectivity index (χ0v) is 17.6. The van der Waals surface area contributed by atoms with Crippen LogP contribution in [0.2, 0.25) is 5.02 Å². The number of rotatable bonds is 4. The third kappa shape index (κ3) is 4.25. The number of hydrogen-bond donors (Lipinski definition) is 1. The molecule has 7 heteroatoms. The highest BCUT2D eigenvalue weighted by Crippen LogP contribution is 2.28. The lowest BCUT2D eigenvalue weighted by Crippen LogP contribution is -2.48. The highest BCUT2D eigenvalue weighted by molar-refractivity contribution is 6.35. The molecule has 30 heavy (non-hydrogen) atoms. The molecule has 156 valence electrons. The van der Waals surface area contributed by atoms with Crippen molar-refractivity contribution in [2.24, 2.45) is 0 Å². The molecule has 1 N–H and O–H groups in total. The largest absolute Gasteiger partial charge is 0.379 e. The first kappa shape index (κ1) is 20.6. The number of anilines is 1. The number of benzene rings is 2. The topological polar surface area (TPSA) is 54.5 Å². The Labute approximate surface area is 179 Å². The molecule has 5 nitrogen and oxygen atoms in total. The molecule has 0 radical (unpaired) electrons. The fraction of sp³-hybridized carbons (Fsp3) is 0.304. The van der Waals surface area contributed by atoms with Gasteiger partial charge in [0.15, 0.2) is 5.82 Å². The van der Waals surface area contributed by atoms with Crippen LogP contribution in [0.1, 0.15) is 29.8 Å². The van der Waals surface area contributed by atoms with Gasteiger partial charge in [-0.2, -0.15) is 0 Å². The predicted octanol–water partition coefficient (Wildman–Crippen LogP) is 4.89. The molecule has 0 saturated carbocycles. The van der Waals surface area contributed by atoms with Gasteiger partial charge in [0.1, 0.15) is 5.52 Å².